The number of fused-ring (bicyclic) bond motifs is 1. The van der Waals surface area contributed by atoms with Gasteiger partial charge in [-0.25, -0.2) is 4.79 Å². The number of nitrogens with zero attached hydrogens (tertiary/aromatic N) is 1. The molecule has 0 amide bonds. The lowest BCUT2D eigenvalue weighted by atomic mass is 9.90. The third-order valence-corrected chi connectivity index (χ3v) is 3.98. The fourth-order valence-electron chi connectivity index (χ4n) is 2.81. The molecule has 6 heteroatoms. The summed E-state index contributed by atoms with van der Waals surface area (Å²) in [5.41, 5.74) is 2.43. The highest BCUT2D eigenvalue weighted by atomic mass is 16.6. The minimum Gasteiger partial charge on any atom is -0.482 e. The number of carbonyl (C=O) groups is 1. The molecule has 2 aromatic carbocycles. The number of ether oxygens (including phenoxy) is 2. The predicted molar refractivity (Wildman–Crippen MR) is 86.9 cm³/mol. The van der Waals surface area contributed by atoms with Crippen molar-refractivity contribution >= 4 is 11.7 Å². The van der Waals surface area contributed by atoms with E-state index in [1.807, 2.05) is 12.1 Å². The van der Waals surface area contributed by atoms with Crippen molar-refractivity contribution in [3.63, 3.8) is 0 Å². The molecule has 1 atom stereocenters. The van der Waals surface area contributed by atoms with Crippen molar-refractivity contribution in [3.8, 4) is 5.75 Å². The number of rotatable bonds is 5. The van der Waals surface area contributed by atoms with E-state index in [-0.39, 0.29) is 24.1 Å². The van der Waals surface area contributed by atoms with Crippen molar-refractivity contribution in [2.75, 3.05) is 6.61 Å². The molecule has 0 aromatic heterocycles. The van der Waals surface area contributed by atoms with Gasteiger partial charge in [0, 0.05) is 12.5 Å². The van der Waals surface area contributed by atoms with Crippen molar-refractivity contribution < 1.29 is 19.2 Å². The zero-order valence-electron chi connectivity index (χ0n) is 13.0. The van der Waals surface area contributed by atoms with Crippen LogP contribution < -0.4 is 4.74 Å². The molecule has 1 unspecified atom stereocenters. The van der Waals surface area contributed by atoms with Crippen molar-refractivity contribution in [2.45, 2.75) is 25.4 Å². The van der Waals surface area contributed by atoms with Crippen LogP contribution in [0, 0.1) is 10.1 Å². The van der Waals surface area contributed by atoms with Crippen molar-refractivity contribution in [3.05, 3.63) is 69.8 Å². The van der Waals surface area contributed by atoms with E-state index in [1.54, 1.807) is 6.07 Å². The highest BCUT2D eigenvalue weighted by Crippen LogP contribution is 2.23. The molecular weight excluding hydrogens is 310 g/mol. The fourth-order valence-corrected chi connectivity index (χ4v) is 2.81. The van der Waals surface area contributed by atoms with Crippen LogP contribution in [0.4, 0.5) is 5.69 Å². The highest BCUT2D eigenvalue weighted by Gasteiger charge is 2.21. The Balaban J connectivity index is 1.52. The van der Waals surface area contributed by atoms with Crippen LogP contribution in [0.2, 0.25) is 0 Å². The summed E-state index contributed by atoms with van der Waals surface area (Å²) in [7, 11) is 0. The second-order valence-corrected chi connectivity index (χ2v) is 5.67. The van der Waals surface area contributed by atoms with E-state index in [0.29, 0.717) is 6.42 Å². The first kappa shape index (κ1) is 16.0. The molecule has 0 radical (unpaired) electrons. The van der Waals surface area contributed by atoms with E-state index in [2.05, 4.69) is 12.1 Å². The van der Waals surface area contributed by atoms with Gasteiger partial charge in [0.25, 0.3) is 5.69 Å². The van der Waals surface area contributed by atoms with Gasteiger partial charge in [-0.1, -0.05) is 30.3 Å². The van der Waals surface area contributed by atoms with Crippen LogP contribution in [0.1, 0.15) is 17.5 Å². The average molecular weight is 327 g/mol. The van der Waals surface area contributed by atoms with Gasteiger partial charge in [0.15, 0.2) is 6.61 Å². The molecule has 1 aliphatic rings. The lowest BCUT2D eigenvalue weighted by Gasteiger charge is -2.24. The topological polar surface area (TPSA) is 78.7 Å². The van der Waals surface area contributed by atoms with Crippen molar-refractivity contribution in [1.29, 1.82) is 0 Å². The van der Waals surface area contributed by atoms with Gasteiger partial charge in [0.05, 0.1) is 11.0 Å². The molecule has 0 fully saturated rings. The molecule has 0 saturated heterocycles. The molecule has 0 aliphatic heterocycles. The number of non-ortho nitro benzene ring substituents is 1. The Morgan fingerprint density at radius 2 is 1.96 bits per heavy atom. The molecule has 2 aromatic rings. The van der Waals surface area contributed by atoms with Crippen molar-refractivity contribution in [2.24, 2.45) is 0 Å². The van der Waals surface area contributed by atoms with Crippen LogP contribution in [-0.4, -0.2) is 23.6 Å². The quantitative estimate of drug-likeness (QED) is 0.479. The molecule has 0 N–H and O–H groups in total. The van der Waals surface area contributed by atoms with E-state index < -0.39 is 10.9 Å². The largest absolute Gasteiger partial charge is 0.482 e. The second kappa shape index (κ2) is 7.12. The van der Waals surface area contributed by atoms with Gasteiger partial charge in [0.2, 0.25) is 0 Å². The second-order valence-electron chi connectivity index (χ2n) is 5.67. The minimum atomic E-state index is -0.509. The van der Waals surface area contributed by atoms with Crippen LogP contribution in [-0.2, 0) is 22.4 Å². The molecule has 0 saturated carbocycles. The molecule has 24 heavy (non-hydrogen) atoms. The first-order chi connectivity index (χ1) is 11.6. The van der Waals surface area contributed by atoms with E-state index in [9.17, 15) is 14.9 Å². The molecule has 6 nitrogen and oxygen atoms in total. The lowest BCUT2D eigenvalue weighted by Crippen LogP contribution is -2.28. The number of nitro benzene ring substituents is 1. The summed E-state index contributed by atoms with van der Waals surface area (Å²) >= 11 is 0. The van der Waals surface area contributed by atoms with Crippen LogP contribution in [0.5, 0.6) is 5.75 Å². The standard InChI is InChI=1S/C18H17NO5/c20-18(12-23-16-7-3-6-15(11-16)19(21)22)24-17-9-8-13-4-1-2-5-14(13)10-17/h1-7,11,17H,8-10,12H2. The molecule has 0 spiro atoms. The van der Waals surface area contributed by atoms with Gasteiger partial charge in [0.1, 0.15) is 11.9 Å². The first-order valence-corrected chi connectivity index (χ1v) is 7.75. The molecule has 3 rings (SSSR count). The number of esters is 1. The Morgan fingerprint density at radius 1 is 1.17 bits per heavy atom. The van der Waals surface area contributed by atoms with Gasteiger partial charge in [-0.2, -0.15) is 0 Å². The van der Waals surface area contributed by atoms with Crippen LogP contribution in [0.15, 0.2) is 48.5 Å². The summed E-state index contributed by atoms with van der Waals surface area (Å²) in [6, 6.07) is 13.9. The minimum absolute atomic E-state index is 0.0789. The molecule has 1 aliphatic carbocycles. The monoisotopic (exact) mass is 327 g/mol. The van der Waals surface area contributed by atoms with E-state index >= 15 is 0 Å². The summed E-state index contributed by atoms with van der Waals surface area (Å²) in [4.78, 5) is 22.1. The third kappa shape index (κ3) is 3.90. The molecule has 0 bridgehead atoms. The normalized spacial score (nSPS) is 16.1. The number of nitro groups is 1. The third-order valence-electron chi connectivity index (χ3n) is 3.98. The number of hydrogen-bond donors (Lipinski definition) is 0. The van der Waals surface area contributed by atoms with E-state index in [0.717, 1.165) is 12.8 Å². The SMILES string of the molecule is O=C(COc1cccc([N+](=O)[O-])c1)OC1CCc2ccccc2C1. The summed E-state index contributed by atoms with van der Waals surface area (Å²) in [6.07, 6.45) is 2.24. The lowest BCUT2D eigenvalue weighted by molar-refractivity contribution is -0.384. The zero-order chi connectivity index (χ0) is 16.9. The number of aryl methyl sites for hydroxylation is 1. The van der Waals surface area contributed by atoms with Crippen molar-refractivity contribution in [1.82, 2.24) is 0 Å². The summed E-state index contributed by atoms with van der Waals surface area (Å²) < 4.78 is 10.7. The van der Waals surface area contributed by atoms with Crippen LogP contribution >= 0.6 is 0 Å². The van der Waals surface area contributed by atoms with Crippen LogP contribution in [0.3, 0.4) is 0 Å². The summed E-state index contributed by atoms with van der Waals surface area (Å²) in [6.45, 7) is -0.265. The number of carbonyl (C=O) groups excluding carboxylic acids is 1. The summed E-state index contributed by atoms with van der Waals surface area (Å²) in [5.74, 6) is -0.193. The molecule has 0 heterocycles. The predicted octanol–water partition coefficient (Wildman–Crippen LogP) is 3.07. The molecular formula is C18H17NO5. The van der Waals surface area contributed by atoms with Crippen LogP contribution in [0.25, 0.3) is 0 Å². The Labute approximate surface area is 139 Å². The van der Waals surface area contributed by atoms with Gasteiger partial charge in [-0.15, -0.1) is 0 Å². The van der Waals surface area contributed by atoms with E-state index in [1.165, 1.54) is 29.3 Å². The molecule has 124 valence electrons. The maximum Gasteiger partial charge on any atom is 0.344 e. The number of hydrogen-bond acceptors (Lipinski definition) is 5. The summed E-state index contributed by atoms with van der Waals surface area (Å²) in [5, 5.41) is 10.7. The van der Waals surface area contributed by atoms with Gasteiger partial charge >= 0.3 is 5.97 Å². The Bertz CT molecular complexity index is 759. The fraction of sp³-hybridized carbons (Fsp3) is 0.278. The maximum absolute atomic E-state index is 11.9. The van der Waals surface area contributed by atoms with Gasteiger partial charge in [-0.05, 0) is 30.0 Å². The van der Waals surface area contributed by atoms with Gasteiger partial charge < -0.3 is 9.47 Å². The first-order valence-electron chi connectivity index (χ1n) is 7.75. The number of benzene rings is 2. The van der Waals surface area contributed by atoms with Gasteiger partial charge in [-0.3, -0.25) is 10.1 Å². The highest BCUT2D eigenvalue weighted by molar-refractivity contribution is 5.71. The Morgan fingerprint density at radius 3 is 2.75 bits per heavy atom. The van der Waals surface area contributed by atoms with E-state index in [4.69, 9.17) is 9.47 Å². The Kier molecular flexibility index (Phi) is 4.74. The Hall–Kier alpha value is -2.89. The maximum atomic E-state index is 11.9. The smallest absolute Gasteiger partial charge is 0.344 e. The zero-order valence-corrected chi connectivity index (χ0v) is 13.0. The average Bonchev–Trinajstić information content (AvgIpc) is 2.60.